The number of pyridine rings is 1. The van der Waals surface area contributed by atoms with Crippen molar-refractivity contribution >= 4 is 0 Å². The molecule has 1 spiro atoms. The number of fused-ring (bicyclic) bond motifs is 9. The summed E-state index contributed by atoms with van der Waals surface area (Å²) in [6.45, 7) is 0. The molecule has 50 heavy (non-hydrogen) atoms. The van der Waals surface area contributed by atoms with Crippen LogP contribution in [0.4, 0.5) is 0 Å². The van der Waals surface area contributed by atoms with E-state index in [4.69, 9.17) is 14.7 Å². The third-order valence-corrected chi connectivity index (χ3v) is 10.0. The quantitative estimate of drug-likeness (QED) is 0.192. The van der Waals surface area contributed by atoms with Gasteiger partial charge in [-0.15, -0.1) is 0 Å². The first kappa shape index (κ1) is 28.4. The Kier molecular flexibility index (Phi) is 6.36. The third-order valence-electron chi connectivity index (χ3n) is 10.0. The fourth-order valence-electron chi connectivity index (χ4n) is 7.93. The summed E-state index contributed by atoms with van der Waals surface area (Å²) in [4.78, 5) is 14.8. The van der Waals surface area contributed by atoms with E-state index >= 15 is 0 Å². The lowest BCUT2D eigenvalue weighted by atomic mass is 9.65. The Labute approximate surface area is 290 Å². The van der Waals surface area contributed by atoms with Crippen molar-refractivity contribution in [3.8, 4) is 67.8 Å². The van der Waals surface area contributed by atoms with Gasteiger partial charge in [-0.05, 0) is 69.8 Å². The fraction of sp³-hybridized carbons (Fsp3) is 0.0217. The normalized spacial score (nSPS) is 13.1. The minimum absolute atomic E-state index is 0.538. The van der Waals surface area contributed by atoms with E-state index in [-0.39, 0.29) is 0 Å². The Bertz CT molecular complexity index is 2480. The zero-order valence-corrected chi connectivity index (χ0v) is 27.0. The monoisotopic (exact) mass is 639 g/mol. The molecule has 0 saturated heterocycles. The van der Waals surface area contributed by atoms with E-state index in [0.29, 0.717) is 5.82 Å². The summed E-state index contributed by atoms with van der Waals surface area (Å²) in [6, 6.07) is 59.4. The maximum absolute atomic E-state index is 6.70. The van der Waals surface area contributed by atoms with E-state index in [1.54, 1.807) is 6.20 Å². The van der Waals surface area contributed by atoms with Crippen LogP contribution in [0.25, 0.3) is 56.3 Å². The minimum atomic E-state index is -0.538. The minimum Gasteiger partial charge on any atom is -0.457 e. The Morgan fingerprint density at radius 1 is 0.380 bits per heavy atom. The molecule has 8 aromatic rings. The molecular weight excluding hydrogens is 611 g/mol. The van der Waals surface area contributed by atoms with E-state index < -0.39 is 5.41 Å². The van der Waals surface area contributed by atoms with E-state index in [1.165, 1.54) is 22.3 Å². The molecule has 1 aliphatic carbocycles. The number of benzene rings is 6. The number of para-hydroxylation sites is 1. The molecule has 234 valence electrons. The highest BCUT2D eigenvalue weighted by molar-refractivity contribution is 5.90. The molecule has 0 saturated carbocycles. The zero-order chi connectivity index (χ0) is 33.1. The van der Waals surface area contributed by atoms with Gasteiger partial charge in [0.2, 0.25) is 0 Å². The van der Waals surface area contributed by atoms with Crippen LogP contribution in [0.5, 0.6) is 11.5 Å². The standard InChI is InChI=1S/C46H29N3O/c1-2-14-30(15-3-1)45-48-41(29-42(49-45)40-23-12-13-27-47-40)35-19-5-4-16-32(35)31-25-26-44-39(28-31)46(38-22-10-11-24-43(38)50-44)36-20-8-6-17-33(36)34-18-7-9-21-37(34)46/h1-29H. The highest BCUT2D eigenvalue weighted by Crippen LogP contribution is 2.62. The van der Waals surface area contributed by atoms with Crippen molar-refractivity contribution in [2.45, 2.75) is 5.41 Å². The maximum atomic E-state index is 6.70. The number of rotatable bonds is 4. The number of nitrogens with zero attached hydrogens (tertiary/aromatic N) is 3. The van der Waals surface area contributed by atoms with Crippen molar-refractivity contribution in [2.75, 3.05) is 0 Å². The average molecular weight is 640 g/mol. The molecule has 0 atom stereocenters. The Morgan fingerprint density at radius 3 is 1.72 bits per heavy atom. The van der Waals surface area contributed by atoms with Gasteiger partial charge in [0.15, 0.2) is 5.82 Å². The van der Waals surface area contributed by atoms with Crippen LogP contribution in [0, 0.1) is 0 Å². The second kappa shape index (κ2) is 11.2. The second-order valence-electron chi connectivity index (χ2n) is 12.7. The smallest absolute Gasteiger partial charge is 0.160 e. The van der Waals surface area contributed by atoms with Crippen LogP contribution in [0.3, 0.4) is 0 Å². The molecule has 0 radical (unpaired) electrons. The van der Waals surface area contributed by atoms with Crippen molar-refractivity contribution in [2.24, 2.45) is 0 Å². The van der Waals surface area contributed by atoms with Crippen molar-refractivity contribution in [3.05, 3.63) is 198 Å². The van der Waals surface area contributed by atoms with Crippen LogP contribution in [0.15, 0.2) is 176 Å². The largest absolute Gasteiger partial charge is 0.457 e. The van der Waals surface area contributed by atoms with E-state index in [2.05, 4.69) is 126 Å². The van der Waals surface area contributed by atoms with Crippen LogP contribution < -0.4 is 4.74 Å². The summed E-state index contributed by atoms with van der Waals surface area (Å²) in [7, 11) is 0. The molecule has 0 unspecified atom stereocenters. The lowest BCUT2D eigenvalue weighted by Gasteiger charge is -2.39. The Balaban J connectivity index is 1.21. The zero-order valence-electron chi connectivity index (χ0n) is 27.0. The second-order valence-corrected chi connectivity index (χ2v) is 12.7. The van der Waals surface area contributed by atoms with Gasteiger partial charge < -0.3 is 4.74 Å². The van der Waals surface area contributed by atoms with Gasteiger partial charge >= 0.3 is 0 Å². The van der Waals surface area contributed by atoms with Gasteiger partial charge in [0, 0.05) is 28.5 Å². The third kappa shape index (κ3) is 4.22. The molecule has 0 bridgehead atoms. The number of aromatic nitrogens is 3. The average Bonchev–Trinajstić information content (AvgIpc) is 3.49. The lowest BCUT2D eigenvalue weighted by Crippen LogP contribution is -2.32. The highest BCUT2D eigenvalue weighted by Gasteiger charge is 2.51. The van der Waals surface area contributed by atoms with E-state index in [9.17, 15) is 0 Å². The fourth-order valence-corrected chi connectivity index (χ4v) is 7.93. The summed E-state index contributed by atoms with van der Waals surface area (Å²) >= 11 is 0. The lowest BCUT2D eigenvalue weighted by molar-refractivity contribution is 0.436. The van der Waals surface area contributed by atoms with Crippen LogP contribution in [0.1, 0.15) is 22.3 Å². The first-order valence-electron chi connectivity index (χ1n) is 16.9. The van der Waals surface area contributed by atoms with Gasteiger partial charge in [0.25, 0.3) is 0 Å². The van der Waals surface area contributed by atoms with Gasteiger partial charge in [-0.2, -0.15) is 0 Å². The predicted molar refractivity (Wildman–Crippen MR) is 199 cm³/mol. The molecule has 4 heteroatoms. The molecule has 1 aliphatic heterocycles. The Morgan fingerprint density at radius 2 is 0.980 bits per heavy atom. The summed E-state index contributed by atoms with van der Waals surface area (Å²) in [5, 5.41) is 0. The van der Waals surface area contributed by atoms with Crippen molar-refractivity contribution < 1.29 is 4.74 Å². The van der Waals surface area contributed by atoms with Gasteiger partial charge in [-0.3, -0.25) is 4.98 Å². The molecule has 0 fully saturated rings. The van der Waals surface area contributed by atoms with E-state index in [1.807, 2.05) is 48.5 Å². The molecule has 2 aromatic heterocycles. The van der Waals surface area contributed by atoms with Crippen LogP contribution in [0.2, 0.25) is 0 Å². The van der Waals surface area contributed by atoms with Crippen LogP contribution in [-0.2, 0) is 5.41 Å². The van der Waals surface area contributed by atoms with Crippen LogP contribution in [-0.4, -0.2) is 15.0 Å². The number of hydrogen-bond acceptors (Lipinski definition) is 4. The van der Waals surface area contributed by atoms with Gasteiger partial charge in [-0.1, -0.05) is 133 Å². The summed E-state index contributed by atoms with van der Waals surface area (Å²) in [6.07, 6.45) is 1.80. The Hall–Kier alpha value is -6.65. The molecule has 0 amide bonds. The molecule has 4 nitrogen and oxygen atoms in total. The van der Waals surface area contributed by atoms with Gasteiger partial charge in [0.05, 0.1) is 22.5 Å². The number of ether oxygens (including phenoxy) is 1. The van der Waals surface area contributed by atoms with E-state index in [0.717, 1.165) is 62.0 Å². The number of hydrogen-bond donors (Lipinski definition) is 0. The summed E-state index contributed by atoms with van der Waals surface area (Å²) < 4.78 is 6.70. The summed E-state index contributed by atoms with van der Waals surface area (Å²) in [5.41, 5.74) is 13.3. The molecule has 0 N–H and O–H groups in total. The molecule has 3 heterocycles. The van der Waals surface area contributed by atoms with Crippen molar-refractivity contribution in [3.63, 3.8) is 0 Å². The van der Waals surface area contributed by atoms with Crippen molar-refractivity contribution in [1.29, 1.82) is 0 Å². The van der Waals surface area contributed by atoms with Crippen LogP contribution >= 0.6 is 0 Å². The highest BCUT2D eigenvalue weighted by atomic mass is 16.5. The molecule has 10 rings (SSSR count). The first-order valence-corrected chi connectivity index (χ1v) is 16.9. The SMILES string of the molecule is c1ccc(-c2nc(-c3ccccn3)cc(-c3ccccc3-c3ccc4c(c3)C3(c5ccccc5O4)c4ccccc4-c4ccccc43)n2)cc1. The topological polar surface area (TPSA) is 47.9 Å². The molecule has 6 aromatic carbocycles. The molecule has 2 aliphatic rings. The summed E-state index contributed by atoms with van der Waals surface area (Å²) in [5.74, 6) is 2.41. The maximum Gasteiger partial charge on any atom is 0.160 e. The first-order chi connectivity index (χ1) is 24.8. The molecular formula is C46H29N3O. The van der Waals surface area contributed by atoms with Gasteiger partial charge in [0.1, 0.15) is 11.5 Å². The van der Waals surface area contributed by atoms with Gasteiger partial charge in [-0.25, -0.2) is 9.97 Å². The predicted octanol–water partition coefficient (Wildman–Crippen LogP) is 11.0. The van der Waals surface area contributed by atoms with Crippen molar-refractivity contribution in [1.82, 2.24) is 15.0 Å².